The van der Waals surface area contributed by atoms with E-state index in [4.69, 9.17) is 4.74 Å². The molecule has 1 saturated heterocycles. The maximum absolute atomic E-state index is 9.86. The van der Waals surface area contributed by atoms with Crippen LogP contribution in [0.4, 0.5) is 0 Å². The summed E-state index contributed by atoms with van der Waals surface area (Å²) < 4.78 is 5.13. The SMILES string of the molecule is C=C(CC)CNCC1(O)CCOC1. The minimum atomic E-state index is -0.645. The summed E-state index contributed by atoms with van der Waals surface area (Å²) in [7, 11) is 0. The zero-order valence-electron chi connectivity index (χ0n) is 8.31. The average Bonchev–Trinajstić information content (AvgIpc) is 2.52. The monoisotopic (exact) mass is 185 g/mol. The van der Waals surface area contributed by atoms with Crippen LogP contribution in [0.15, 0.2) is 12.2 Å². The first-order valence-corrected chi connectivity index (χ1v) is 4.84. The number of aliphatic hydroxyl groups is 1. The quantitative estimate of drug-likeness (QED) is 0.619. The molecule has 0 saturated carbocycles. The summed E-state index contributed by atoms with van der Waals surface area (Å²) in [6.07, 6.45) is 1.72. The minimum Gasteiger partial charge on any atom is -0.386 e. The molecule has 0 radical (unpaired) electrons. The van der Waals surface area contributed by atoms with Crippen LogP contribution in [0.1, 0.15) is 19.8 Å². The van der Waals surface area contributed by atoms with E-state index in [9.17, 15) is 5.11 Å². The molecular formula is C10H19NO2. The van der Waals surface area contributed by atoms with Crippen molar-refractivity contribution in [1.82, 2.24) is 5.32 Å². The Hall–Kier alpha value is -0.380. The van der Waals surface area contributed by atoms with Crippen LogP contribution >= 0.6 is 0 Å². The fourth-order valence-electron chi connectivity index (χ4n) is 1.33. The lowest BCUT2D eigenvalue weighted by Crippen LogP contribution is -2.41. The summed E-state index contributed by atoms with van der Waals surface area (Å²) >= 11 is 0. The molecule has 0 aromatic rings. The molecule has 1 heterocycles. The number of nitrogens with one attached hydrogen (secondary N) is 1. The van der Waals surface area contributed by atoms with Gasteiger partial charge in [0.15, 0.2) is 0 Å². The minimum absolute atomic E-state index is 0.457. The highest BCUT2D eigenvalue weighted by molar-refractivity contribution is 4.96. The Labute approximate surface area is 79.8 Å². The van der Waals surface area contributed by atoms with Gasteiger partial charge in [0.05, 0.1) is 6.61 Å². The molecule has 1 rings (SSSR count). The van der Waals surface area contributed by atoms with Crippen LogP contribution in [0, 0.1) is 0 Å². The van der Waals surface area contributed by atoms with Gasteiger partial charge in [0.2, 0.25) is 0 Å². The van der Waals surface area contributed by atoms with Gasteiger partial charge >= 0.3 is 0 Å². The van der Waals surface area contributed by atoms with E-state index in [1.54, 1.807) is 0 Å². The highest BCUT2D eigenvalue weighted by atomic mass is 16.5. The van der Waals surface area contributed by atoms with Crippen LogP contribution in [0.25, 0.3) is 0 Å². The fraction of sp³-hybridized carbons (Fsp3) is 0.800. The molecular weight excluding hydrogens is 166 g/mol. The van der Waals surface area contributed by atoms with Gasteiger partial charge in [-0.1, -0.05) is 19.1 Å². The smallest absolute Gasteiger partial charge is 0.102 e. The van der Waals surface area contributed by atoms with Gasteiger partial charge in [0.25, 0.3) is 0 Å². The summed E-state index contributed by atoms with van der Waals surface area (Å²) in [4.78, 5) is 0. The van der Waals surface area contributed by atoms with Crippen LogP contribution in [0.2, 0.25) is 0 Å². The molecule has 3 heteroatoms. The second-order valence-electron chi connectivity index (χ2n) is 3.73. The molecule has 1 aliphatic rings. The molecule has 0 aromatic carbocycles. The molecule has 13 heavy (non-hydrogen) atoms. The molecule has 0 aliphatic carbocycles. The van der Waals surface area contributed by atoms with Crippen molar-refractivity contribution >= 4 is 0 Å². The maximum Gasteiger partial charge on any atom is 0.102 e. The third-order valence-electron chi connectivity index (χ3n) is 2.41. The summed E-state index contributed by atoms with van der Waals surface area (Å²) in [5.41, 5.74) is 0.524. The van der Waals surface area contributed by atoms with Gasteiger partial charge in [-0.2, -0.15) is 0 Å². The Morgan fingerprint density at radius 3 is 3.00 bits per heavy atom. The molecule has 2 N–H and O–H groups in total. The summed E-state index contributed by atoms with van der Waals surface area (Å²) in [5, 5.41) is 13.0. The number of ether oxygens (including phenoxy) is 1. The van der Waals surface area contributed by atoms with Crippen molar-refractivity contribution in [3.63, 3.8) is 0 Å². The van der Waals surface area contributed by atoms with Crippen molar-refractivity contribution in [2.75, 3.05) is 26.3 Å². The van der Waals surface area contributed by atoms with Gasteiger partial charge in [0.1, 0.15) is 5.60 Å². The van der Waals surface area contributed by atoms with Crippen molar-refractivity contribution < 1.29 is 9.84 Å². The van der Waals surface area contributed by atoms with E-state index < -0.39 is 5.60 Å². The van der Waals surface area contributed by atoms with Gasteiger partial charge in [-0.15, -0.1) is 0 Å². The van der Waals surface area contributed by atoms with Crippen molar-refractivity contribution in [2.24, 2.45) is 0 Å². The van der Waals surface area contributed by atoms with Crippen LogP contribution in [0.5, 0.6) is 0 Å². The average molecular weight is 185 g/mol. The lowest BCUT2D eigenvalue weighted by Gasteiger charge is -2.20. The number of hydrogen-bond donors (Lipinski definition) is 2. The van der Waals surface area contributed by atoms with Crippen LogP contribution in [0.3, 0.4) is 0 Å². The second kappa shape index (κ2) is 4.74. The van der Waals surface area contributed by atoms with Crippen molar-refractivity contribution in [3.8, 4) is 0 Å². The molecule has 3 nitrogen and oxygen atoms in total. The third-order valence-corrected chi connectivity index (χ3v) is 2.41. The summed E-state index contributed by atoms with van der Waals surface area (Å²) in [6, 6.07) is 0. The predicted molar refractivity (Wildman–Crippen MR) is 52.7 cm³/mol. The maximum atomic E-state index is 9.86. The second-order valence-corrected chi connectivity index (χ2v) is 3.73. The molecule has 1 atom stereocenters. The molecule has 1 unspecified atom stereocenters. The molecule has 76 valence electrons. The van der Waals surface area contributed by atoms with Gasteiger partial charge in [0, 0.05) is 26.1 Å². The van der Waals surface area contributed by atoms with Gasteiger partial charge < -0.3 is 15.2 Å². The Kier molecular flexibility index (Phi) is 3.90. The molecule has 1 fully saturated rings. The van der Waals surface area contributed by atoms with E-state index >= 15 is 0 Å². The largest absolute Gasteiger partial charge is 0.386 e. The number of rotatable bonds is 5. The summed E-state index contributed by atoms with van der Waals surface area (Å²) in [6.45, 7) is 8.49. The zero-order chi connectivity index (χ0) is 9.73. The normalized spacial score (nSPS) is 27.8. The highest BCUT2D eigenvalue weighted by Crippen LogP contribution is 2.16. The van der Waals surface area contributed by atoms with E-state index in [2.05, 4.69) is 18.8 Å². The first kappa shape index (κ1) is 10.7. The Morgan fingerprint density at radius 2 is 2.46 bits per heavy atom. The summed E-state index contributed by atoms with van der Waals surface area (Å²) in [5.74, 6) is 0. The molecule has 0 spiro atoms. The predicted octanol–water partition coefficient (Wildman–Crippen LogP) is 0.694. The van der Waals surface area contributed by atoms with Crippen LogP contribution in [-0.4, -0.2) is 37.0 Å². The standard InChI is InChI=1S/C10H19NO2/c1-3-9(2)6-11-7-10(12)4-5-13-8-10/h11-12H,2-8H2,1H3. The van der Waals surface area contributed by atoms with Gasteiger partial charge in [-0.25, -0.2) is 0 Å². The Balaban J connectivity index is 2.14. The Morgan fingerprint density at radius 1 is 1.69 bits per heavy atom. The van der Waals surface area contributed by atoms with Gasteiger partial charge in [-0.3, -0.25) is 0 Å². The lowest BCUT2D eigenvalue weighted by atomic mass is 10.0. The van der Waals surface area contributed by atoms with Crippen LogP contribution in [-0.2, 0) is 4.74 Å². The number of hydrogen-bond acceptors (Lipinski definition) is 3. The highest BCUT2D eigenvalue weighted by Gasteiger charge is 2.31. The van der Waals surface area contributed by atoms with Crippen molar-refractivity contribution in [2.45, 2.75) is 25.4 Å². The van der Waals surface area contributed by atoms with E-state index in [1.807, 2.05) is 0 Å². The van der Waals surface area contributed by atoms with Crippen LogP contribution < -0.4 is 5.32 Å². The zero-order valence-corrected chi connectivity index (χ0v) is 8.31. The molecule has 0 amide bonds. The van der Waals surface area contributed by atoms with E-state index in [0.717, 1.165) is 19.4 Å². The van der Waals surface area contributed by atoms with Crippen molar-refractivity contribution in [3.05, 3.63) is 12.2 Å². The van der Waals surface area contributed by atoms with Gasteiger partial charge in [-0.05, 0) is 6.42 Å². The topological polar surface area (TPSA) is 41.5 Å². The lowest BCUT2D eigenvalue weighted by molar-refractivity contribution is 0.0277. The fourth-order valence-corrected chi connectivity index (χ4v) is 1.33. The molecule has 0 aromatic heterocycles. The third kappa shape index (κ3) is 3.46. The van der Waals surface area contributed by atoms with E-state index in [-0.39, 0.29) is 0 Å². The first-order chi connectivity index (χ1) is 6.16. The van der Waals surface area contributed by atoms with E-state index in [1.165, 1.54) is 5.57 Å². The Bertz CT molecular complexity index is 174. The molecule has 0 bridgehead atoms. The van der Waals surface area contributed by atoms with Crippen molar-refractivity contribution in [1.29, 1.82) is 0 Å². The molecule has 1 aliphatic heterocycles. The first-order valence-electron chi connectivity index (χ1n) is 4.84. The van der Waals surface area contributed by atoms with E-state index in [0.29, 0.717) is 19.8 Å².